The van der Waals surface area contributed by atoms with Crippen molar-refractivity contribution in [3.8, 4) is 17.9 Å². The molecule has 0 aromatic heterocycles. The summed E-state index contributed by atoms with van der Waals surface area (Å²) in [5.74, 6) is 5.59. The van der Waals surface area contributed by atoms with E-state index < -0.39 is 0 Å². The third kappa shape index (κ3) is 3.70. The van der Waals surface area contributed by atoms with Gasteiger partial charge in [0.25, 0.3) is 0 Å². The number of rotatable bonds is 1. The normalized spacial score (nSPS) is 13.9. The van der Waals surface area contributed by atoms with E-state index in [0.29, 0.717) is 17.6 Å². The Balaban J connectivity index is 2.31. The molecule has 0 atom stereocenters. The fraction of sp³-hybridized carbons (Fsp3) is 0.167. The van der Waals surface area contributed by atoms with Gasteiger partial charge in [0.1, 0.15) is 5.83 Å². The van der Waals surface area contributed by atoms with Crippen LogP contribution in [0.4, 0.5) is 4.39 Å². The van der Waals surface area contributed by atoms with E-state index in [-0.39, 0.29) is 5.83 Å². The zero-order valence-corrected chi connectivity index (χ0v) is 11.3. The van der Waals surface area contributed by atoms with Gasteiger partial charge >= 0.3 is 0 Å². The predicted molar refractivity (Wildman–Crippen MR) is 78.3 cm³/mol. The molecule has 1 aliphatic carbocycles. The van der Waals surface area contributed by atoms with Gasteiger partial charge in [-0.1, -0.05) is 30.9 Å². The Morgan fingerprint density at radius 2 is 2.10 bits per heavy atom. The lowest BCUT2D eigenvalue weighted by atomic mass is 10.1. The zero-order chi connectivity index (χ0) is 14.4. The maximum Gasteiger partial charge on any atom is 0.120 e. The van der Waals surface area contributed by atoms with Crippen LogP contribution in [0.5, 0.6) is 0 Å². The number of aryl methyl sites for hydroxylation is 1. The van der Waals surface area contributed by atoms with Gasteiger partial charge in [0.05, 0.1) is 6.07 Å². The van der Waals surface area contributed by atoms with Crippen LogP contribution in [0.3, 0.4) is 0 Å². The summed E-state index contributed by atoms with van der Waals surface area (Å²) in [5.41, 5.74) is 3.15. The molecular weight excluding hydrogens is 249 g/mol. The summed E-state index contributed by atoms with van der Waals surface area (Å²) in [6.45, 7) is 2.09. The van der Waals surface area contributed by atoms with Crippen molar-refractivity contribution < 1.29 is 4.39 Å². The number of benzene rings is 1. The van der Waals surface area contributed by atoms with Gasteiger partial charge in [-0.3, -0.25) is 0 Å². The van der Waals surface area contributed by atoms with Crippen LogP contribution in [0, 0.1) is 23.2 Å². The van der Waals surface area contributed by atoms with Crippen LogP contribution in [0.25, 0.3) is 0 Å². The smallest absolute Gasteiger partial charge is 0.120 e. The third-order valence-electron chi connectivity index (χ3n) is 2.97. The number of allylic oxidation sites excluding steroid dienone is 6. The molecule has 1 nitrogen and oxygen atoms in total. The number of hydrogen-bond donors (Lipinski definition) is 0. The maximum atomic E-state index is 13.4. The van der Waals surface area contributed by atoms with Crippen molar-refractivity contribution in [3.63, 3.8) is 0 Å². The predicted octanol–water partition coefficient (Wildman–Crippen LogP) is 4.23. The number of nitriles is 1. The summed E-state index contributed by atoms with van der Waals surface area (Å²) in [6, 6.07) is 10.00. The second-order valence-electron chi connectivity index (χ2n) is 4.48. The highest BCUT2D eigenvalue weighted by Crippen LogP contribution is 2.16. The van der Waals surface area contributed by atoms with Crippen molar-refractivity contribution in [2.45, 2.75) is 19.8 Å². The molecule has 0 N–H and O–H groups in total. The molecule has 0 amide bonds. The Bertz CT molecular complexity index is 703. The van der Waals surface area contributed by atoms with Crippen molar-refractivity contribution in [2.24, 2.45) is 0 Å². The van der Waals surface area contributed by atoms with Crippen molar-refractivity contribution in [2.75, 3.05) is 0 Å². The van der Waals surface area contributed by atoms with E-state index in [1.807, 2.05) is 24.3 Å². The molecule has 2 rings (SSSR count). The van der Waals surface area contributed by atoms with Crippen LogP contribution in [0.1, 0.15) is 24.5 Å². The number of nitrogens with zero attached hydrogens (tertiary/aromatic N) is 1. The first-order valence-corrected chi connectivity index (χ1v) is 6.50. The fourth-order valence-electron chi connectivity index (χ4n) is 1.87. The average molecular weight is 263 g/mol. The topological polar surface area (TPSA) is 23.8 Å². The summed E-state index contributed by atoms with van der Waals surface area (Å²) >= 11 is 0. The summed E-state index contributed by atoms with van der Waals surface area (Å²) in [5, 5.41) is 8.93. The molecule has 2 heteroatoms. The van der Waals surface area contributed by atoms with Gasteiger partial charge in [-0.15, -0.1) is 0 Å². The minimum atomic E-state index is -0.349. The van der Waals surface area contributed by atoms with Gasteiger partial charge < -0.3 is 0 Å². The van der Waals surface area contributed by atoms with Crippen LogP contribution >= 0.6 is 0 Å². The molecule has 98 valence electrons. The summed E-state index contributed by atoms with van der Waals surface area (Å²) in [6.07, 6.45) is 5.66. The van der Waals surface area contributed by atoms with Gasteiger partial charge in [0.2, 0.25) is 0 Å². The molecule has 0 fully saturated rings. The minimum absolute atomic E-state index is 0.315. The first kappa shape index (κ1) is 13.8. The Labute approximate surface area is 118 Å². The Kier molecular flexibility index (Phi) is 4.53. The van der Waals surface area contributed by atoms with Crippen molar-refractivity contribution in [1.82, 2.24) is 0 Å². The number of hydrogen-bond acceptors (Lipinski definition) is 1. The van der Waals surface area contributed by atoms with Gasteiger partial charge in [-0.25, -0.2) is 4.39 Å². The fourth-order valence-corrected chi connectivity index (χ4v) is 1.87. The molecular formula is C18H14FN. The standard InChI is InChI=1S/C18H14FN/c1-2-14-4-3-5-15(10-14)6-7-16-11-17(13-20)8-9-18(19)12-16/h3-5,9-12H,2,8H2,1H3. The van der Waals surface area contributed by atoms with E-state index in [0.717, 1.165) is 12.0 Å². The molecule has 0 saturated carbocycles. The molecule has 0 radical (unpaired) electrons. The van der Waals surface area contributed by atoms with E-state index in [1.165, 1.54) is 17.7 Å². The monoisotopic (exact) mass is 263 g/mol. The second-order valence-corrected chi connectivity index (χ2v) is 4.48. The van der Waals surface area contributed by atoms with Crippen LogP contribution < -0.4 is 0 Å². The molecule has 0 saturated heterocycles. The lowest BCUT2D eigenvalue weighted by Crippen LogP contribution is -1.82. The molecule has 20 heavy (non-hydrogen) atoms. The molecule has 0 spiro atoms. The molecule has 0 bridgehead atoms. The van der Waals surface area contributed by atoms with E-state index in [2.05, 4.69) is 24.8 Å². The average Bonchev–Trinajstić information content (AvgIpc) is 2.66. The van der Waals surface area contributed by atoms with Gasteiger partial charge in [0.15, 0.2) is 0 Å². The van der Waals surface area contributed by atoms with Gasteiger partial charge in [-0.2, -0.15) is 5.26 Å². The van der Waals surface area contributed by atoms with E-state index in [1.54, 1.807) is 6.08 Å². The lowest BCUT2D eigenvalue weighted by Gasteiger charge is -1.96. The molecule has 0 unspecified atom stereocenters. The Morgan fingerprint density at radius 3 is 2.85 bits per heavy atom. The van der Waals surface area contributed by atoms with Crippen LogP contribution in [0.15, 0.2) is 59.5 Å². The minimum Gasteiger partial charge on any atom is -0.207 e. The van der Waals surface area contributed by atoms with E-state index in [4.69, 9.17) is 5.26 Å². The Morgan fingerprint density at radius 1 is 1.25 bits per heavy atom. The largest absolute Gasteiger partial charge is 0.207 e. The zero-order valence-electron chi connectivity index (χ0n) is 11.3. The third-order valence-corrected chi connectivity index (χ3v) is 2.97. The summed E-state index contributed by atoms with van der Waals surface area (Å²) < 4.78 is 13.4. The number of halogens is 1. The highest BCUT2D eigenvalue weighted by molar-refractivity contribution is 5.51. The van der Waals surface area contributed by atoms with Crippen LogP contribution in [-0.2, 0) is 6.42 Å². The van der Waals surface area contributed by atoms with Crippen molar-refractivity contribution in [1.29, 1.82) is 5.26 Å². The van der Waals surface area contributed by atoms with E-state index >= 15 is 0 Å². The lowest BCUT2D eigenvalue weighted by molar-refractivity contribution is 0.662. The van der Waals surface area contributed by atoms with Crippen molar-refractivity contribution in [3.05, 3.63) is 70.6 Å². The highest BCUT2D eigenvalue weighted by atomic mass is 19.1. The van der Waals surface area contributed by atoms with Crippen LogP contribution in [0.2, 0.25) is 0 Å². The first-order chi connectivity index (χ1) is 9.71. The quantitative estimate of drug-likeness (QED) is 0.695. The SMILES string of the molecule is CCc1cccc(C#CC2=CC(F)=CCC(C#N)=C2)c1. The molecule has 1 aromatic carbocycles. The summed E-state index contributed by atoms with van der Waals surface area (Å²) in [4.78, 5) is 0. The highest BCUT2D eigenvalue weighted by Gasteiger charge is 2.03. The molecule has 1 aliphatic rings. The Hall–Kier alpha value is -2.58. The molecule has 0 heterocycles. The van der Waals surface area contributed by atoms with Gasteiger partial charge in [0, 0.05) is 23.1 Å². The van der Waals surface area contributed by atoms with E-state index in [9.17, 15) is 4.39 Å². The molecule has 1 aromatic rings. The van der Waals surface area contributed by atoms with Gasteiger partial charge in [-0.05, 0) is 42.3 Å². The molecule has 0 aliphatic heterocycles. The van der Waals surface area contributed by atoms with Crippen LogP contribution in [-0.4, -0.2) is 0 Å². The summed E-state index contributed by atoms with van der Waals surface area (Å²) in [7, 11) is 0. The maximum absolute atomic E-state index is 13.4. The first-order valence-electron chi connectivity index (χ1n) is 6.50. The van der Waals surface area contributed by atoms with Crippen molar-refractivity contribution >= 4 is 0 Å². The second kappa shape index (κ2) is 6.55.